The van der Waals surface area contributed by atoms with Crippen molar-refractivity contribution in [2.75, 3.05) is 5.32 Å². The van der Waals surface area contributed by atoms with Gasteiger partial charge in [0.15, 0.2) is 0 Å². The Labute approximate surface area is 142 Å². The molecule has 0 heterocycles. The standard InChI is InChI=1S/C16H18ClF3N2O2/c1-3-9(2)21-13(23)15(6-7-15)14(24)22-12-5-4-10(17)8-11(12)16(18,19)20/h4-5,8-9H,3,6-7H2,1-2H3,(H,21,23)(H,22,24). The van der Waals surface area contributed by atoms with Crippen LogP contribution in [-0.2, 0) is 15.8 Å². The van der Waals surface area contributed by atoms with Gasteiger partial charge in [0.05, 0.1) is 11.3 Å². The third kappa shape index (κ3) is 3.83. The molecule has 4 nitrogen and oxygen atoms in total. The Balaban J connectivity index is 2.20. The summed E-state index contributed by atoms with van der Waals surface area (Å²) in [6.45, 7) is 3.68. The highest BCUT2D eigenvalue weighted by Crippen LogP contribution is 2.47. The number of amides is 2. The van der Waals surface area contributed by atoms with Crippen molar-refractivity contribution in [3.05, 3.63) is 28.8 Å². The lowest BCUT2D eigenvalue weighted by atomic mass is 10.0. The Morgan fingerprint density at radius 2 is 1.92 bits per heavy atom. The predicted molar refractivity (Wildman–Crippen MR) is 84.6 cm³/mol. The lowest BCUT2D eigenvalue weighted by molar-refractivity contribution is -0.137. The van der Waals surface area contributed by atoms with Gasteiger partial charge in [0.2, 0.25) is 11.8 Å². The zero-order valence-electron chi connectivity index (χ0n) is 13.3. The van der Waals surface area contributed by atoms with Crippen molar-refractivity contribution in [1.82, 2.24) is 5.32 Å². The first-order valence-electron chi connectivity index (χ1n) is 7.59. The molecule has 24 heavy (non-hydrogen) atoms. The number of carbonyl (C=O) groups is 2. The van der Waals surface area contributed by atoms with Gasteiger partial charge in [-0.1, -0.05) is 18.5 Å². The lowest BCUT2D eigenvalue weighted by Crippen LogP contribution is -2.43. The molecule has 1 fully saturated rings. The van der Waals surface area contributed by atoms with Gasteiger partial charge in [-0.15, -0.1) is 0 Å². The van der Waals surface area contributed by atoms with Gasteiger partial charge in [0, 0.05) is 11.1 Å². The van der Waals surface area contributed by atoms with Crippen LogP contribution in [0.3, 0.4) is 0 Å². The van der Waals surface area contributed by atoms with E-state index in [9.17, 15) is 22.8 Å². The number of anilines is 1. The second-order valence-electron chi connectivity index (χ2n) is 6.01. The van der Waals surface area contributed by atoms with Crippen molar-refractivity contribution in [3.8, 4) is 0 Å². The van der Waals surface area contributed by atoms with Crippen LogP contribution in [0.15, 0.2) is 18.2 Å². The second-order valence-corrected chi connectivity index (χ2v) is 6.44. The summed E-state index contributed by atoms with van der Waals surface area (Å²) < 4.78 is 39.2. The molecular weight excluding hydrogens is 345 g/mol. The van der Waals surface area contributed by atoms with Crippen molar-refractivity contribution in [1.29, 1.82) is 0 Å². The molecule has 1 aliphatic rings. The average Bonchev–Trinajstić information content (AvgIpc) is 3.29. The number of alkyl halides is 3. The lowest BCUT2D eigenvalue weighted by Gasteiger charge is -2.20. The molecule has 0 aromatic heterocycles. The van der Waals surface area contributed by atoms with E-state index in [1.165, 1.54) is 6.07 Å². The molecule has 1 aromatic rings. The van der Waals surface area contributed by atoms with Crippen LogP contribution in [0.4, 0.5) is 18.9 Å². The van der Waals surface area contributed by atoms with E-state index in [0.29, 0.717) is 19.3 Å². The summed E-state index contributed by atoms with van der Waals surface area (Å²) in [4.78, 5) is 24.6. The topological polar surface area (TPSA) is 58.2 Å². The van der Waals surface area contributed by atoms with Crippen molar-refractivity contribution in [2.45, 2.75) is 45.3 Å². The molecule has 1 atom stereocenters. The minimum absolute atomic E-state index is 0.0871. The van der Waals surface area contributed by atoms with Crippen molar-refractivity contribution >= 4 is 29.1 Å². The molecule has 132 valence electrons. The van der Waals surface area contributed by atoms with Gasteiger partial charge in [-0.2, -0.15) is 13.2 Å². The molecule has 0 saturated heterocycles. The molecular formula is C16H18ClF3N2O2. The van der Waals surface area contributed by atoms with E-state index in [2.05, 4.69) is 10.6 Å². The molecule has 1 saturated carbocycles. The van der Waals surface area contributed by atoms with E-state index in [-0.39, 0.29) is 11.1 Å². The molecule has 2 rings (SSSR count). The maximum atomic E-state index is 13.1. The Kier molecular flexibility index (Phi) is 5.13. The van der Waals surface area contributed by atoms with Gasteiger partial charge in [-0.3, -0.25) is 9.59 Å². The second kappa shape index (κ2) is 6.63. The van der Waals surface area contributed by atoms with Gasteiger partial charge in [0.1, 0.15) is 5.41 Å². The van der Waals surface area contributed by atoms with Crippen LogP contribution in [0.5, 0.6) is 0 Å². The SMILES string of the molecule is CCC(C)NC(=O)C1(C(=O)Nc2ccc(Cl)cc2C(F)(F)F)CC1. The van der Waals surface area contributed by atoms with Crippen LogP contribution in [0.1, 0.15) is 38.7 Å². The molecule has 1 unspecified atom stereocenters. The van der Waals surface area contributed by atoms with Crippen LogP contribution in [0.25, 0.3) is 0 Å². The maximum absolute atomic E-state index is 13.1. The van der Waals surface area contributed by atoms with Crippen LogP contribution in [0, 0.1) is 5.41 Å². The maximum Gasteiger partial charge on any atom is 0.418 e. The van der Waals surface area contributed by atoms with Gasteiger partial charge in [0.25, 0.3) is 0 Å². The molecule has 2 amide bonds. The number of nitrogens with one attached hydrogen (secondary N) is 2. The molecule has 8 heteroatoms. The molecule has 2 N–H and O–H groups in total. The van der Waals surface area contributed by atoms with Crippen LogP contribution >= 0.6 is 11.6 Å². The normalized spacial score (nSPS) is 17.1. The molecule has 0 bridgehead atoms. The summed E-state index contributed by atoms with van der Waals surface area (Å²) in [5.41, 5.74) is -2.73. The number of halogens is 4. The summed E-state index contributed by atoms with van der Waals surface area (Å²) in [5, 5.41) is 4.86. The highest BCUT2D eigenvalue weighted by atomic mass is 35.5. The summed E-state index contributed by atoms with van der Waals surface area (Å²) in [6.07, 6.45) is -3.34. The highest BCUT2D eigenvalue weighted by molar-refractivity contribution is 6.30. The van der Waals surface area contributed by atoms with Gasteiger partial charge in [-0.25, -0.2) is 0 Å². The van der Waals surface area contributed by atoms with Crippen LogP contribution in [-0.4, -0.2) is 17.9 Å². The van der Waals surface area contributed by atoms with Gasteiger partial charge < -0.3 is 10.6 Å². The van der Waals surface area contributed by atoms with E-state index < -0.39 is 34.7 Å². The highest BCUT2D eigenvalue weighted by Gasteiger charge is 2.56. The third-order valence-corrected chi connectivity index (χ3v) is 4.38. The third-order valence-electron chi connectivity index (χ3n) is 4.14. The van der Waals surface area contributed by atoms with Crippen LogP contribution < -0.4 is 10.6 Å². The number of hydrogen-bond acceptors (Lipinski definition) is 2. The minimum Gasteiger partial charge on any atom is -0.353 e. The fraction of sp³-hybridized carbons (Fsp3) is 0.500. The van der Waals surface area contributed by atoms with Crippen LogP contribution in [0.2, 0.25) is 5.02 Å². The number of hydrogen-bond donors (Lipinski definition) is 2. The van der Waals surface area contributed by atoms with E-state index in [1.54, 1.807) is 6.92 Å². The molecule has 0 aliphatic heterocycles. The molecule has 0 radical (unpaired) electrons. The number of benzene rings is 1. The van der Waals surface area contributed by atoms with Gasteiger partial charge in [-0.05, 0) is 44.4 Å². The Hall–Kier alpha value is -1.76. The predicted octanol–water partition coefficient (Wildman–Crippen LogP) is 3.99. The van der Waals surface area contributed by atoms with Crippen molar-refractivity contribution in [2.24, 2.45) is 5.41 Å². The fourth-order valence-electron chi connectivity index (χ4n) is 2.25. The largest absolute Gasteiger partial charge is 0.418 e. The van der Waals surface area contributed by atoms with Crippen molar-refractivity contribution < 1.29 is 22.8 Å². The average molecular weight is 363 g/mol. The molecule has 1 aliphatic carbocycles. The number of rotatable bonds is 5. The van der Waals surface area contributed by atoms with E-state index in [4.69, 9.17) is 11.6 Å². The van der Waals surface area contributed by atoms with Gasteiger partial charge >= 0.3 is 6.18 Å². The fourth-order valence-corrected chi connectivity index (χ4v) is 2.42. The van der Waals surface area contributed by atoms with Crippen molar-refractivity contribution in [3.63, 3.8) is 0 Å². The zero-order valence-corrected chi connectivity index (χ0v) is 14.0. The first-order chi connectivity index (χ1) is 11.1. The first-order valence-corrected chi connectivity index (χ1v) is 7.97. The molecule has 0 spiro atoms. The smallest absolute Gasteiger partial charge is 0.353 e. The Morgan fingerprint density at radius 1 is 1.29 bits per heavy atom. The first kappa shape index (κ1) is 18.6. The van der Waals surface area contributed by atoms with E-state index >= 15 is 0 Å². The van der Waals surface area contributed by atoms with E-state index in [0.717, 1.165) is 12.1 Å². The Morgan fingerprint density at radius 3 is 2.42 bits per heavy atom. The Bertz CT molecular complexity index is 657. The zero-order chi connectivity index (χ0) is 18.1. The summed E-state index contributed by atoms with van der Waals surface area (Å²) in [5.74, 6) is -1.17. The van der Waals surface area contributed by atoms with E-state index in [1.807, 2.05) is 6.92 Å². The monoisotopic (exact) mass is 362 g/mol. The summed E-state index contributed by atoms with van der Waals surface area (Å²) in [6, 6.07) is 2.98. The molecule has 1 aromatic carbocycles. The minimum atomic E-state index is -4.66. The summed E-state index contributed by atoms with van der Waals surface area (Å²) >= 11 is 5.61. The number of carbonyl (C=O) groups excluding carboxylic acids is 2. The summed E-state index contributed by atoms with van der Waals surface area (Å²) in [7, 11) is 0. The quantitative estimate of drug-likeness (QED) is 0.778.